The quantitative estimate of drug-likeness (QED) is 0.591. The molecule has 0 radical (unpaired) electrons. The summed E-state index contributed by atoms with van der Waals surface area (Å²) < 4.78 is 7.31. The van der Waals surface area contributed by atoms with Crippen LogP contribution < -0.4 is 0 Å². The van der Waals surface area contributed by atoms with Crippen LogP contribution in [0.4, 0.5) is 0 Å². The van der Waals surface area contributed by atoms with E-state index in [1.165, 1.54) is 16.7 Å². The van der Waals surface area contributed by atoms with E-state index in [1.54, 1.807) is 6.33 Å². The zero-order valence-corrected chi connectivity index (χ0v) is 21.9. The summed E-state index contributed by atoms with van der Waals surface area (Å²) in [5.74, 6) is 0.298. The Bertz CT molecular complexity index is 1370. The van der Waals surface area contributed by atoms with Crippen molar-refractivity contribution in [3.05, 3.63) is 59.5 Å². The zero-order chi connectivity index (χ0) is 25.3. The van der Waals surface area contributed by atoms with Gasteiger partial charge in [-0.3, -0.25) is 0 Å². The molecule has 1 aromatic carbocycles. The number of nitrogens with one attached hydrogen (secondary N) is 1. The van der Waals surface area contributed by atoms with Crippen LogP contribution >= 0.6 is 0 Å². The predicted molar refractivity (Wildman–Crippen MR) is 140 cm³/mol. The number of fused-ring (bicyclic) bond motifs is 2. The van der Waals surface area contributed by atoms with Crippen molar-refractivity contribution in [2.75, 3.05) is 14.1 Å². The number of aromatic amines is 1. The Morgan fingerprint density at radius 3 is 2.72 bits per heavy atom. The lowest BCUT2D eigenvalue weighted by atomic mass is 9.49. The molecule has 2 fully saturated rings. The largest absolute Gasteiger partial charge is 0.388 e. The third-order valence-electron chi connectivity index (χ3n) is 10.8. The van der Waals surface area contributed by atoms with E-state index in [4.69, 9.17) is 4.74 Å². The monoisotopic (exact) mass is 487 g/mol. The molecule has 3 N–H and O–H groups in total. The maximum absolute atomic E-state index is 11.3. The molecule has 0 amide bonds. The molecule has 1 unspecified atom stereocenters. The van der Waals surface area contributed by atoms with Crippen molar-refractivity contribution in [2.24, 2.45) is 16.7 Å². The van der Waals surface area contributed by atoms with Crippen LogP contribution in [0.5, 0.6) is 0 Å². The van der Waals surface area contributed by atoms with Gasteiger partial charge in [0.15, 0.2) is 0 Å². The molecule has 2 bridgehead atoms. The van der Waals surface area contributed by atoms with Crippen molar-refractivity contribution in [1.82, 2.24) is 14.9 Å². The number of hydrogen-bond donors (Lipinski definition) is 3. The molecule has 2 aromatic rings. The van der Waals surface area contributed by atoms with Gasteiger partial charge in [0.1, 0.15) is 6.10 Å². The number of allylic oxidation sites excluding steroid dienone is 3. The molecular weight excluding hydrogens is 450 g/mol. The summed E-state index contributed by atoms with van der Waals surface area (Å²) in [6.45, 7) is 7.12. The van der Waals surface area contributed by atoms with Crippen LogP contribution in [-0.2, 0) is 4.74 Å². The molecular formula is C30H37N3O3. The Morgan fingerprint density at radius 2 is 1.94 bits per heavy atom. The number of aromatic nitrogens is 2. The fourth-order valence-corrected chi connectivity index (χ4v) is 8.62. The Kier molecular flexibility index (Phi) is 4.45. The first-order valence-corrected chi connectivity index (χ1v) is 13.3. The number of likely N-dealkylation sites (N-methyl/N-ethyl adjacent to an activating group) is 1. The predicted octanol–water partition coefficient (Wildman–Crippen LogP) is 4.22. The molecule has 1 saturated carbocycles. The van der Waals surface area contributed by atoms with Gasteiger partial charge in [0, 0.05) is 17.4 Å². The summed E-state index contributed by atoms with van der Waals surface area (Å²) in [5, 5.41) is 22.2. The Balaban J connectivity index is 1.37. The van der Waals surface area contributed by atoms with E-state index in [9.17, 15) is 10.2 Å². The fourth-order valence-electron chi connectivity index (χ4n) is 8.62. The van der Waals surface area contributed by atoms with Crippen LogP contribution in [0.2, 0.25) is 0 Å². The van der Waals surface area contributed by atoms with E-state index in [-0.39, 0.29) is 22.5 Å². The maximum Gasteiger partial charge on any atom is 0.105 e. The first kappa shape index (κ1) is 22.9. The van der Waals surface area contributed by atoms with Gasteiger partial charge in [0.2, 0.25) is 0 Å². The topological polar surface area (TPSA) is 81.6 Å². The lowest BCUT2D eigenvalue weighted by Gasteiger charge is -2.60. The number of aliphatic hydroxyl groups excluding tert-OH is 2. The van der Waals surface area contributed by atoms with Gasteiger partial charge < -0.3 is 24.8 Å². The molecule has 3 aliphatic carbocycles. The van der Waals surface area contributed by atoms with E-state index >= 15 is 0 Å². The van der Waals surface area contributed by atoms with Crippen molar-refractivity contribution in [3.8, 4) is 0 Å². The SMILES string of the molecule is CN(C)[C@H]1C[C@@]23CC[C@@]4(O2)C(=CC(C)(C)[C@]2(C)C(c5ccc6nc[nH]c6c5)=CCC42)C=C3[C@@H](O)[C@@H]1O. The average Bonchev–Trinajstić information content (AvgIpc) is 3.52. The van der Waals surface area contributed by atoms with E-state index in [2.05, 4.69) is 67.2 Å². The third-order valence-corrected chi connectivity index (χ3v) is 10.8. The summed E-state index contributed by atoms with van der Waals surface area (Å²) in [6, 6.07) is 6.43. The molecule has 5 aliphatic rings. The molecule has 36 heavy (non-hydrogen) atoms. The highest BCUT2D eigenvalue weighted by atomic mass is 16.5. The first-order valence-electron chi connectivity index (χ1n) is 13.3. The minimum Gasteiger partial charge on any atom is -0.388 e. The van der Waals surface area contributed by atoms with Gasteiger partial charge in [-0.15, -0.1) is 0 Å². The lowest BCUT2D eigenvalue weighted by Crippen LogP contribution is -2.63. The standard InChI is InChI=1S/C30H37N3O3/c1-27(2)14-18-13-20-25(34)26(35)23(33(4)5)15-29(20)10-11-30(18,36-29)24-9-7-19(28(24,27)3)17-6-8-21-22(12-17)32-16-31-21/h6-8,12-14,16,23-26,34-35H,9-11,15H2,1-5H3,(H,31,32)/t23-,24?,25+,26+,28+,29+,30+/m0/s1. The number of ether oxygens (including phenoxy) is 1. The van der Waals surface area contributed by atoms with Gasteiger partial charge in [-0.1, -0.05) is 45.1 Å². The Morgan fingerprint density at radius 1 is 1.14 bits per heavy atom. The van der Waals surface area contributed by atoms with E-state index in [0.29, 0.717) is 12.3 Å². The maximum atomic E-state index is 11.3. The normalized spacial score (nSPS) is 42.5. The number of imidazole rings is 1. The number of aliphatic hydroxyl groups is 2. The second-order valence-electron chi connectivity index (χ2n) is 12.8. The van der Waals surface area contributed by atoms with Crippen molar-refractivity contribution in [2.45, 2.75) is 75.9 Å². The van der Waals surface area contributed by atoms with Crippen molar-refractivity contribution >= 4 is 16.6 Å². The number of benzene rings is 1. The van der Waals surface area contributed by atoms with Crippen molar-refractivity contribution in [3.63, 3.8) is 0 Å². The summed E-state index contributed by atoms with van der Waals surface area (Å²) in [5.41, 5.74) is 5.65. The summed E-state index contributed by atoms with van der Waals surface area (Å²) >= 11 is 0. The van der Waals surface area contributed by atoms with Crippen LogP contribution in [-0.4, -0.2) is 68.6 Å². The number of H-pyrrole nitrogens is 1. The lowest BCUT2D eigenvalue weighted by molar-refractivity contribution is -0.170. The van der Waals surface area contributed by atoms with Gasteiger partial charge in [0.25, 0.3) is 0 Å². The molecule has 7 rings (SSSR count). The van der Waals surface area contributed by atoms with E-state index in [1.807, 2.05) is 19.0 Å². The second-order valence-corrected chi connectivity index (χ2v) is 12.8. The van der Waals surface area contributed by atoms with Crippen LogP contribution in [0.1, 0.15) is 52.0 Å². The average molecular weight is 488 g/mol. The van der Waals surface area contributed by atoms with Gasteiger partial charge >= 0.3 is 0 Å². The van der Waals surface area contributed by atoms with Crippen LogP contribution in [0.3, 0.4) is 0 Å². The summed E-state index contributed by atoms with van der Waals surface area (Å²) in [4.78, 5) is 9.73. The molecule has 2 aliphatic heterocycles. The minimum absolute atomic E-state index is 0.116. The molecule has 6 nitrogen and oxygen atoms in total. The fraction of sp³-hybridized carbons (Fsp3) is 0.567. The van der Waals surface area contributed by atoms with E-state index in [0.717, 1.165) is 35.9 Å². The first-order chi connectivity index (χ1) is 17.0. The number of hydrogen-bond acceptors (Lipinski definition) is 5. The Labute approximate surface area is 212 Å². The van der Waals surface area contributed by atoms with Gasteiger partial charge in [-0.05, 0) is 79.6 Å². The highest BCUT2D eigenvalue weighted by Gasteiger charge is 2.70. The molecule has 1 aromatic heterocycles. The molecule has 3 heterocycles. The van der Waals surface area contributed by atoms with Gasteiger partial charge in [-0.2, -0.15) is 0 Å². The smallest absolute Gasteiger partial charge is 0.105 e. The second kappa shape index (κ2) is 6.98. The summed E-state index contributed by atoms with van der Waals surface area (Å²) in [7, 11) is 3.96. The summed E-state index contributed by atoms with van der Waals surface area (Å²) in [6.07, 6.45) is 10.6. The van der Waals surface area contributed by atoms with Gasteiger partial charge in [-0.25, -0.2) is 4.98 Å². The molecule has 7 atom stereocenters. The molecule has 1 saturated heterocycles. The number of rotatable bonds is 2. The van der Waals surface area contributed by atoms with Gasteiger partial charge in [0.05, 0.1) is 34.7 Å². The highest BCUT2D eigenvalue weighted by Crippen LogP contribution is 2.71. The minimum atomic E-state index is -0.905. The third kappa shape index (κ3) is 2.59. The van der Waals surface area contributed by atoms with Crippen molar-refractivity contribution < 1.29 is 14.9 Å². The molecule has 2 spiro atoms. The van der Waals surface area contributed by atoms with Crippen molar-refractivity contribution in [1.29, 1.82) is 0 Å². The highest BCUT2D eigenvalue weighted by molar-refractivity contribution is 5.83. The molecule has 6 heteroatoms. The zero-order valence-electron chi connectivity index (χ0n) is 21.9. The molecule has 190 valence electrons. The Hall–Kier alpha value is -2.25. The van der Waals surface area contributed by atoms with Crippen LogP contribution in [0.25, 0.3) is 16.6 Å². The van der Waals surface area contributed by atoms with E-state index < -0.39 is 17.8 Å². The van der Waals surface area contributed by atoms with Crippen LogP contribution in [0, 0.1) is 16.7 Å². The van der Waals surface area contributed by atoms with Crippen LogP contribution in [0.15, 0.2) is 53.9 Å². The number of nitrogens with zero attached hydrogens (tertiary/aromatic N) is 2.